The van der Waals surface area contributed by atoms with Crippen molar-refractivity contribution in [3.63, 3.8) is 0 Å². The Bertz CT molecular complexity index is 243. The van der Waals surface area contributed by atoms with Crippen molar-refractivity contribution in [2.24, 2.45) is 0 Å². The minimum atomic E-state index is -0.159. The summed E-state index contributed by atoms with van der Waals surface area (Å²) in [7, 11) is 1.75. The number of hydrogen-bond donors (Lipinski definition) is 0. The molecule has 0 saturated heterocycles. The van der Waals surface area contributed by atoms with Crippen molar-refractivity contribution < 1.29 is 9.53 Å². The van der Waals surface area contributed by atoms with Gasteiger partial charge in [-0.15, -0.1) is 0 Å². The van der Waals surface area contributed by atoms with Gasteiger partial charge in [0, 0.05) is 13.5 Å². The van der Waals surface area contributed by atoms with E-state index in [1.807, 2.05) is 13.0 Å². The van der Waals surface area contributed by atoms with Crippen LogP contribution in [0.5, 0.6) is 0 Å². The first-order chi connectivity index (χ1) is 6.63. The highest BCUT2D eigenvalue weighted by atomic mass is 16.5. The summed E-state index contributed by atoms with van der Waals surface area (Å²) in [5.74, 6) is 0.272. The predicted molar refractivity (Wildman–Crippen MR) is 57.3 cm³/mol. The third kappa shape index (κ3) is 2.44. The Morgan fingerprint density at radius 3 is 2.79 bits per heavy atom. The topological polar surface area (TPSA) is 26.3 Å². The molecule has 0 spiro atoms. The van der Waals surface area contributed by atoms with Crippen LogP contribution in [0.15, 0.2) is 11.6 Å². The van der Waals surface area contributed by atoms with E-state index < -0.39 is 0 Å². The number of ketones is 1. The molecule has 80 valence electrons. The summed E-state index contributed by atoms with van der Waals surface area (Å²) in [5, 5.41) is 0. The highest BCUT2D eigenvalue weighted by Gasteiger charge is 2.31. The molecule has 14 heavy (non-hydrogen) atoms. The van der Waals surface area contributed by atoms with Crippen molar-refractivity contribution >= 4 is 5.78 Å². The average Bonchev–Trinajstić information content (AvgIpc) is 2.20. The molecule has 1 unspecified atom stereocenters. The van der Waals surface area contributed by atoms with Crippen LogP contribution in [-0.2, 0) is 9.53 Å². The monoisotopic (exact) mass is 196 g/mol. The molecule has 0 aromatic carbocycles. The van der Waals surface area contributed by atoms with Gasteiger partial charge in [-0.3, -0.25) is 4.79 Å². The molecule has 2 heteroatoms. The lowest BCUT2D eigenvalue weighted by molar-refractivity contribution is -0.118. The number of Topliss-reactive ketones (excluding diaryl/α,β-unsaturated/α-hetero) is 1. The fourth-order valence-corrected chi connectivity index (χ4v) is 2.01. The maximum atomic E-state index is 11.3. The molecular weight excluding hydrogens is 176 g/mol. The van der Waals surface area contributed by atoms with E-state index in [2.05, 4.69) is 6.92 Å². The van der Waals surface area contributed by atoms with E-state index in [-0.39, 0.29) is 11.4 Å². The average molecular weight is 196 g/mol. The fraction of sp³-hybridized carbons (Fsp3) is 0.750. The number of carbonyl (C=O) groups is 1. The quantitative estimate of drug-likeness (QED) is 0.691. The fourth-order valence-electron chi connectivity index (χ4n) is 2.01. The third-order valence-electron chi connectivity index (χ3n) is 3.05. The van der Waals surface area contributed by atoms with Gasteiger partial charge in [-0.05, 0) is 31.4 Å². The Balaban J connectivity index is 2.75. The van der Waals surface area contributed by atoms with Gasteiger partial charge in [0.25, 0.3) is 0 Å². The minimum absolute atomic E-state index is 0.159. The van der Waals surface area contributed by atoms with Gasteiger partial charge in [-0.1, -0.05) is 19.8 Å². The molecule has 0 heterocycles. The second-order valence-electron chi connectivity index (χ2n) is 4.12. The normalized spacial score (nSPS) is 27.6. The van der Waals surface area contributed by atoms with E-state index in [0.29, 0.717) is 6.42 Å². The van der Waals surface area contributed by atoms with Gasteiger partial charge in [0.05, 0.1) is 5.60 Å². The molecule has 0 aromatic heterocycles. The SMILES string of the molecule is CCCCC1(OC)C=C(C)C(=O)CC1. The Hall–Kier alpha value is -0.630. The molecule has 2 nitrogen and oxygen atoms in total. The van der Waals surface area contributed by atoms with E-state index in [0.717, 1.165) is 24.8 Å². The molecule has 0 aliphatic heterocycles. The number of allylic oxidation sites excluding steroid dienone is 1. The Labute approximate surface area is 86.3 Å². The number of methoxy groups -OCH3 is 1. The maximum Gasteiger partial charge on any atom is 0.158 e. The van der Waals surface area contributed by atoms with Crippen molar-refractivity contribution in [3.8, 4) is 0 Å². The van der Waals surface area contributed by atoms with Crippen LogP contribution in [-0.4, -0.2) is 18.5 Å². The summed E-state index contributed by atoms with van der Waals surface area (Å²) < 4.78 is 5.57. The third-order valence-corrected chi connectivity index (χ3v) is 3.05. The van der Waals surface area contributed by atoms with E-state index in [1.54, 1.807) is 7.11 Å². The largest absolute Gasteiger partial charge is 0.374 e. The van der Waals surface area contributed by atoms with Crippen LogP contribution in [0.4, 0.5) is 0 Å². The molecule has 1 atom stereocenters. The van der Waals surface area contributed by atoms with E-state index >= 15 is 0 Å². The van der Waals surface area contributed by atoms with Gasteiger partial charge in [0.1, 0.15) is 0 Å². The van der Waals surface area contributed by atoms with Crippen LogP contribution in [0.25, 0.3) is 0 Å². The summed E-state index contributed by atoms with van der Waals surface area (Å²) >= 11 is 0. The first-order valence-corrected chi connectivity index (χ1v) is 5.41. The smallest absolute Gasteiger partial charge is 0.158 e. The van der Waals surface area contributed by atoms with Crippen LogP contribution in [0.2, 0.25) is 0 Å². The van der Waals surface area contributed by atoms with Gasteiger partial charge < -0.3 is 4.74 Å². The summed E-state index contributed by atoms with van der Waals surface area (Å²) in [6.07, 6.45) is 6.87. The number of ether oxygens (including phenoxy) is 1. The molecule has 0 saturated carbocycles. The molecular formula is C12H20O2. The summed E-state index contributed by atoms with van der Waals surface area (Å²) in [4.78, 5) is 11.3. The van der Waals surface area contributed by atoms with Gasteiger partial charge in [0.15, 0.2) is 5.78 Å². The van der Waals surface area contributed by atoms with E-state index in [9.17, 15) is 4.79 Å². The molecule has 0 radical (unpaired) electrons. The molecule has 0 amide bonds. The summed E-state index contributed by atoms with van der Waals surface area (Å²) in [6, 6.07) is 0. The molecule has 0 fully saturated rings. The minimum Gasteiger partial charge on any atom is -0.374 e. The van der Waals surface area contributed by atoms with Gasteiger partial charge >= 0.3 is 0 Å². The predicted octanol–water partition coefficient (Wildman–Crippen LogP) is 2.87. The lowest BCUT2D eigenvalue weighted by atomic mass is 9.83. The second kappa shape index (κ2) is 4.74. The van der Waals surface area contributed by atoms with Crippen LogP contribution in [0.1, 0.15) is 46.0 Å². The lowest BCUT2D eigenvalue weighted by Crippen LogP contribution is -2.33. The second-order valence-corrected chi connectivity index (χ2v) is 4.12. The molecule has 0 N–H and O–H groups in total. The summed E-state index contributed by atoms with van der Waals surface area (Å²) in [6.45, 7) is 4.06. The van der Waals surface area contributed by atoms with E-state index in [4.69, 9.17) is 4.74 Å². The molecule has 0 bridgehead atoms. The molecule has 1 aliphatic carbocycles. The highest BCUT2D eigenvalue weighted by molar-refractivity contribution is 5.95. The van der Waals surface area contributed by atoms with Crippen LogP contribution in [0.3, 0.4) is 0 Å². The maximum absolute atomic E-state index is 11.3. The number of carbonyl (C=O) groups excluding carboxylic acids is 1. The van der Waals surface area contributed by atoms with Crippen molar-refractivity contribution in [1.29, 1.82) is 0 Å². The first kappa shape index (κ1) is 11.4. The molecule has 0 aromatic rings. The molecule has 1 aliphatic rings. The van der Waals surface area contributed by atoms with Gasteiger partial charge in [-0.25, -0.2) is 0 Å². The Morgan fingerprint density at radius 2 is 2.29 bits per heavy atom. The van der Waals surface area contributed by atoms with Crippen molar-refractivity contribution in [2.75, 3.05) is 7.11 Å². The standard InChI is InChI=1S/C12H20O2/c1-4-5-7-12(14-3)8-6-11(13)10(2)9-12/h9H,4-8H2,1-3H3. The Morgan fingerprint density at radius 1 is 1.57 bits per heavy atom. The highest BCUT2D eigenvalue weighted by Crippen LogP contribution is 2.31. The van der Waals surface area contributed by atoms with Crippen LogP contribution >= 0.6 is 0 Å². The van der Waals surface area contributed by atoms with Crippen molar-refractivity contribution in [3.05, 3.63) is 11.6 Å². The lowest BCUT2D eigenvalue weighted by Gasteiger charge is -2.32. The van der Waals surface area contributed by atoms with E-state index in [1.165, 1.54) is 6.42 Å². The molecule has 1 rings (SSSR count). The zero-order chi connectivity index (χ0) is 10.6. The van der Waals surface area contributed by atoms with Crippen molar-refractivity contribution in [1.82, 2.24) is 0 Å². The van der Waals surface area contributed by atoms with Crippen LogP contribution in [0, 0.1) is 0 Å². The van der Waals surface area contributed by atoms with Gasteiger partial charge in [-0.2, -0.15) is 0 Å². The number of unbranched alkanes of at least 4 members (excludes halogenated alkanes) is 1. The van der Waals surface area contributed by atoms with Crippen molar-refractivity contribution in [2.45, 2.75) is 51.6 Å². The Kier molecular flexibility index (Phi) is 3.87. The van der Waals surface area contributed by atoms with Gasteiger partial charge in [0.2, 0.25) is 0 Å². The summed E-state index contributed by atoms with van der Waals surface area (Å²) in [5.41, 5.74) is 0.711. The zero-order valence-electron chi connectivity index (χ0n) is 9.43. The number of rotatable bonds is 4. The number of hydrogen-bond acceptors (Lipinski definition) is 2. The first-order valence-electron chi connectivity index (χ1n) is 5.41. The zero-order valence-corrected chi connectivity index (χ0v) is 9.43. The van der Waals surface area contributed by atoms with Crippen LogP contribution < -0.4 is 0 Å².